The third-order valence-electron chi connectivity index (χ3n) is 3.23. The van der Waals surface area contributed by atoms with E-state index in [4.69, 9.17) is 14.0 Å². The summed E-state index contributed by atoms with van der Waals surface area (Å²) in [5.74, 6) is 0.729. The number of nitrogens with one attached hydrogen (secondary N) is 1. The summed E-state index contributed by atoms with van der Waals surface area (Å²) in [5.41, 5.74) is 1.37. The molecule has 106 valence electrons. The van der Waals surface area contributed by atoms with E-state index in [1.807, 2.05) is 24.6 Å². The second kappa shape index (κ2) is 4.75. The van der Waals surface area contributed by atoms with Crippen LogP contribution in [0.15, 0.2) is 18.2 Å². The Kier molecular flexibility index (Phi) is 3.57. The van der Waals surface area contributed by atoms with Crippen LogP contribution in [0.1, 0.15) is 25.0 Å². The van der Waals surface area contributed by atoms with Crippen molar-refractivity contribution in [3.8, 4) is 5.75 Å². The number of fused-ring (bicyclic) bond motifs is 1. The molecule has 1 atom stereocenters. The number of methoxy groups -OCH3 is 1. The summed E-state index contributed by atoms with van der Waals surface area (Å²) in [6.07, 6.45) is -0.368. The molecule has 2 N–H and O–H groups in total. The second-order valence-corrected chi connectivity index (χ2v) is 6.27. The van der Waals surface area contributed by atoms with Crippen LogP contribution >= 0.6 is 0 Å². The minimum atomic E-state index is -4.19. The molecule has 6 nitrogen and oxygen atoms in total. The van der Waals surface area contributed by atoms with Gasteiger partial charge in [-0.25, -0.2) is 0 Å². The molecule has 19 heavy (non-hydrogen) atoms. The van der Waals surface area contributed by atoms with Gasteiger partial charge >= 0.3 is 10.3 Å². The number of rotatable bonds is 4. The average Bonchev–Trinajstić information content (AvgIpc) is 2.57. The Hall–Kier alpha value is -1.15. The van der Waals surface area contributed by atoms with Crippen molar-refractivity contribution in [3.63, 3.8) is 0 Å². The predicted octanol–water partition coefficient (Wildman–Crippen LogP) is 1.22. The van der Waals surface area contributed by atoms with Crippen LogP contribution < -0.4 is 9.46 Å². The van der Waals surface area contributed by atoms with Crippen LogP contribution in [0.3, 0.4) is 0 Å². The highest BCUT2D eigenvalue weighted by Crippen LogP contribution is 2.43. The number of hydrogen-bond acceptors (Lipinski definition) is 4. The molecule has 0 aliphatic carbocycles. The molecular weight excluding hydrogens is 270 g/mol. The zero-order valence-corrected chi connectivity index (χ0v) is 11.8. The van der Waals surface area contributed by atoms with Crippen LogP contribution in [0, 0.1) is 0 Å². The SMILES string of the molecule is COC1Oc2ccc(CNS(=O)(=O)O)cc2C1(C)C. The van der Waals surface area contributed by atoms with Gasteiger partial charge in [-0.3, -0.25) is 4.55 Å². The Morgan fingerprint density at radius 2 is 2.16 bits per heavy atom. The summed E-state index contributed by atoms with van der Waals surface area (Å²) in [7, 11) is -2.60. The molecule has 0 aromatic heterocycles. The average molecular weight is 287 g/mol. The number of hydrogen-bond donors (Lipinski definition) is 2. The van der Waals surface area contributed by atoms with E-state index >= 15 is 0 Å². The van der Waals surface area contributed by atoms with E-state index in [9.17, 15) is 8.42 Å². The fraction of sp³-hybridized carbons (Fsp3) is 0.500. The number of benzene rings is 1. The standard InChI is InChI=1S/C12H17NO5S/c1-12(2)9-6-8(7-13-19(14,15)16)4-5-10(9)18-11(12)17-3/h4-6,11,13H,7H2,1-3H3,(H,14,15,16). The maximum absolute atomic E-state index is 10.7. The van der Waals surface area contributed by atoms with Gasteiger partial charge in [0, 0.05) is 19.2 Å². The molecular formula is C12H17NO5S. The van der Waals surface area contributed by atoms with Crippen molar-refractivity contribution in [2.24, 2.45) is 0 Å². The first-order valence-electron chi connectivity index (χ1n) is 5.79. The van der Waals surface area contributed by atoms with Gasteiger partial charge in [-0.15, -0.1) is 0 Å². The molecule has 2 rings (SSSR count). The van der Waals surface area contributed by atoms with Gasteiger partial charge in [-0.05, 0) is 31.5 Å². The summed E-state index contributed by atoms with van der Waals surface area (Å²) in [5, 5.41) is 0. The van der Waals surface area contributed by atoms with Gasteiger partial charge in [0.15, 0.2) is 0 Å². The molecule has 1 aromatic carbocycles. The maximum Gasteiger partial charge on any atom is 0.333 e. The van der Waals surface area contributed by atoms with E-state index in [1.54, 1.807) is 19.2 Å². The molecule has 1 aliphatic rings. The summed E-state index contributed by atoms with van der Waals surface area (Å²) in [6.45, 7) is 4.01. The lowest BCUT2D eigenvalue weighted by molar-refractivity contribution is -0.0779. The quantitative estimate of drug-likeness (QED) is 0.813. The molecule has 0 amide bonds. The van der Waals surface area contributed by atoms with Crippen molar-refractivity contribution < 1.29 is 22.4 Å². The lowest BCUT2D eigenvalue weighted by Gasteiger charge is -2.24. The fourth-order valence-corrected chi connectivity index (χ4v) is 2.55. The van der Waals surface area contributed by atoms with Crippen molar-refractivity contribution in [2.75, 3.05) is 7.11 Å². The molecule has 0 spiro atoms. The molecule has 1 unspecified atom stereocenters. The van der Waals surface area contributed by atoms with Gasteiger partial charge < -0.3 is 9.47 Å². The smallest absolute Gasteiger partial charge is 0.333 e. The second-order valence-electron chi connectivity index (χ2n) is 5.03. The van der Waals surface area contributed by atoms with Crippen molar-refractivity contribution in [2.45, 2.75) is 32.1 Å². The monoisotopic (exact) mass is 287 g/mol. The normalized spacial score (nSPS) is 20.9. The minimum Gasteiger partial charge on any atom is -0.464 e. The van der Waals surface area contributed by atoms with Crippen LogP contribution in [-0.4, -0.2) is 26.4 Å². The lowest BCUT2D eigenvalue weighted by Crippen LogP contribution is -2.33. The largest absolute Gasteiger partial charge is 0.464 e. The summed E-state index contributed by atoms with van der Waals surface area (Å²) in [4.78, 5) is 0. The third kappa shape index (κ3) is 2.89. The molecule has 7 heteroatoms. The van der Waals surface area contributed by atoms with Gasteiger partial charge in [0.05, 0.1) is 5.41 Å². The Bertz CT molecular complexity index is 582. The minimum absolute atomic E-state index is 0.0276. The fourth-order valence-electron chi connectivity index (χ4n) is 2.20. The van der Waals surface area contributed by atoms with Gasteiger partial charge in [0.2, 0.25) is 6.29 Å². The molecule has 0 saturated heterocycles. The van der Waals surface area contributed by atoms with E-state index in [-0.39, 0.29) is 18.2 Å². The first-order valence-corrected chi connectivity index (χ1v) is 7.23. The highest BCUT2D eigenvalue weighted by molar-refractivity contribution is 7.83. The lowest BCUT2D eigenvalue weighted by atomic mass is 9.84. The molecule has 1 aromatic rings. The van der Waals surface area contributed by atoms with Crippen LogP contribution in [0.4, 0.5) is 0 Å². The van der Waals surface area contributed by atoms with Gasteiger partial charge in [-0.2, -0.15) is 13.1 Å². The van der Waals surface area contributed by atoms with Gasteiger partial charge in [0.25, 0.3) is 0 Å². The van der Waals surface area contributed by atoms with Crippen molar-refractivity contribution in [1.29, 1.82) is 0 Å². The highest BCUT2D eigenvalue weighted by Gasteiger charge is 2.41. The first-order chi connectivity index (χ1) is 8.74. The topological polar surface area (TPSA) is 84.9 Å². The van der Waals surface area contributed by atoms with E-state index in [1.165, 1.54) is 0 Å². The van der Waals surface area contributed by atoms with Crippen LogP contribution in [0.5, 0.6) is 5.75 Å². The van der Waals surface area contributed by atoms with E-state index in [2.05, 4.69) is 0 Å². The molecule has 0 fully saturated rings. The number of ether oxygens (including phenoxy) is 2. The summed E-state index contributed by atoms with van der Waals surface area (Å²) >= 11 is 0. The Morgan fingerprint density at radius 1 is 1.47 bits per heavy atom. The van der Waals surface area contributed by atoms with Crippen molar-refractivity contribution in [1.82, 2.24) is 4.72 Å². The summed E-state index contributed by atoms with van der Waals surface area (Å²) < 4.78 is 43.0. The van der Waals surface area contributed by atoms with E-state index < -0.39 is 10.3 Å². The van der Waals surface area contributed by atoms with Crippen molar-refractivity contribution >= 4 is 10.3 Å². The zero-order valence-electron chi connectivity index (χ0n) is 11.0. The Balaban J connectivity index is 2.26. The molecule has 0 bridgehead atoms. The van der Waals surface area contributed by atoms with Crippen LogP contribution in [-0.2, 0) is 27.0 Å². The highest BCUT2D eigenvalue weighted by atomic mass is 32.2. The molecule has 0 saturated carbocycles. The Labute approximate surface area is 112 Å². The van der Waals surface area contributed by atoms with E-state index in [0.29, 0.717) is 0 Å². The predicted molar refractivity (Wildman–Crippen MR) is 69.3 cm³/mol. The van der Waals surface area contributed by atoms with E-state index in [0.717, 1.165) is 16.9 Å². The zero-order chi connectivity index (χ0) is 14.3. The van der Waals surface area contributed by atoms with Crippen LogP contribution in [0.2, 0.25) is 0 Å². The molecule has 1 heterocycles. The maximum atomic E-state index is 10.7. The van der Waals surface area contributed by atoms with Crippen molar-refractivity contribution in [3.05, 3.63) is 29.3 Å². The molecule has 1 aliphatic heterocycles. The van der Waals surface area contributed by atoms with Crippen LogP contribution in [0.25, 0.3) is 0 Å². The molecule has 0 radical (unpaired) electrons. The Morgan fingerprint density at radius 3 is 2.74 bits per heavy atom. The van der Waals surface area contributed by atoms with Gasteiger partial charge in [-0.1, -0.05) is 6.07 Å². The summed E-state index contributed by atoms with van der Waals surface area (Å²) in [6, 6.07) is 5.37. The van der Waals surface area contributed by atoms with Gasteiger partial charge in [0.1, 0.15) is 5.75 Å². The third-order valence-corrected chi connectivity index (χ3v) is 3.74. The first kappa shape index (κ1) is 14.3.